The fourth-order valence-electron chi connectivity index (χ4n) is 1.28. The van der Waals surface area contributed by atoms with E-state index in [1.54, 1.807) is 6.08 Å². The molecular formula is C12H16O. The van der Waals surface area contributed by atoms with Gasteiger partial charge in [0.1, 0.15) is 0 Å². The van der Waals surface area contributed by atoms with E-state index >= 15 is 0 Å². The summed E-state index contributed by atoms with van der Waals surface area (Å²) in [4.78, 5) is 0. The Labute approximate surface area is 79.7 Å². The molecule has 0 saturated heterocycles. The lowest BCUT2D eigenvalue weighted by molar-refractivity contribution is 0.210. The maximum Gasteiger partial charge on any atom is 0.0718 e. The van der Waals surface area contributed by atoms with E-state index in [-0.39, 0.29) is 6.10 Å². The van der Waals surface area contributed by atoms with Crippen molar-refractivity contribution >= 4 is 0 Å². The van der Waals surface area contributed by atoms with Crippen molar-refractivity contribution < 1.29 is 5.11 Å². The third-order valence-corrected chi connectivity index (χ3v) is 2.08. The van der Waals surface area contributed by atoms with Crippen LogP contribution in [-0.2, 0) is 6.42 Å². The molecule has 0 aliphatic heterocycles. The second kappa shape index (κ2) is 5.55. The summed E-state index contributed by atoms with van der Waals surface area (Å²) in [6.07, 6.45) is 4.09. The minimum Gasteiger partial charge on any atom is -0.389 e. The van der Waals surface area contributed by atoms with E-state index in [1.807, 2.05) is 18.2 Å². The van der Waals surface area contributed by atoms with Crippen molar-refractivity contribution in [1.82, 2.24) is 0 Å². The normalized spacial score (nSPS) is 12.4. The summed E-state index contributed by atoms with van der Waals surface area (Å²) in [5, 5.41) is 9.22. The van der Waals surface area contributed by atoms with Gasteiger partial charge in [-0.2, -0.15) is 0 Å². The van der Waals surface area contributed by atoms with Crippen LogP contribution >= 0.6 is 0 Å². The van der Waals surface area contributed by atoms with E-state index in [0.717, 1.165) is 19.3 Å². The molecule has 0 amide bonds. The van der Waals surface area contributed by atoms with Crippen molar-refractivity contribution in [2.24, 2.45) is 0 Å². The molecule has 13 heavy (non-hydrogen) atoms. The molecule has 1 rings (SSSR count). The molecule has 0 aromatic heterocycles. The number of hydrogen-bond donors (Lipinski definition) is 1. The Kier molecular flexibility index (Phi) is 4.27. The second-order valence-corrected chi connectivity index (χ2v) is 3.18. The highest BCUT2D eigenvalue weighted by molar-refractivity contribution is 5.14. The van der Waals surface area contributed by atoms with Gasteiger partial charge in [-0.15, -0.1) is 6.58 Å². The average molecular weight is 176 g/mol. The monoisotopic (exact) mass is 176 g/mol. The fraction of sp³-hybridized carbons (Fsp3) is 0.333. The number of aliphatic hydroxyl groups is 1. The van der Waals surface area contributed by atoms with Crippen molar-refractivity contribution in [3.05, 3.63) is 48.6 Å². The van der Waals surface area contributed by atoms with Crippen molar-refractivity contribution in [2.45, 2.75) is 25.4 Å². The Hall–Kier alpha value is -1.08. The fourth-order valence-corrected chi connectivity index (χ4v) is 1.28. The third-order valence-electron chi connectivity index (χ3n) is 2.08. The lowest BCUT2D eigenvalue weighted by Crippen LogP contribution is -2.01. The van der Waals surface area contributed by atoms with Gasteiger partial charge in [-0.25, -0.2) is 0 Å². The Balaban J connectivity index is 2.24. The zero-order valence-electron chi connectivity index (χ0n) is 7.82. The molecule has 1 N–H and O–H groups in total. The van der Waals surface area contributed by atoms with Crippen LogP contribution in [0.1, 0.15) is 18.4 Å². The van der Waals surface area contributed by atoms with E-state index in [2.05, 4.69) is 18.7 Å². The highest BCUT2D eigenvalue weighted by Crippen LogP contribution is 2.06. The summed E-state index contributed by atoms with van der Waals surface area (Å²) in [5.41, 5.74) is 1.33. The lowest BCUT2D eigenvalue weighted by Gasteiger charge is -2.04. The summed E-state index contributed by atoms with van der Waals surface area (Å²) >= 11 is 0. The number of hydrogen-bond acceptors (Lipinski definition) is 1. The van der Waals surface area contributed by atoms with Gasteiger partial charge < -0.3 is 5.11 Å². The molecule has 70 valence electrons. The third kappa shape index (κ3) is 3.90. The first-order valence-corrected chi connectivity index (χ1v) is 4.67. The van der Waals surface area contributed by atoms with Gasteiger partial charge in [0.05, 0.1) is 6.10 Å². The van der Waals surface area contributed by atoms with Crippen molar-refractivity contribution in [2.75, 3.05) is 0 Å². The van der Waals surface area contributed by atoms with Gasteiger partial charge in [0.25, 0.3) is 0 Å². The summed E-state index contributed by atoms with van der Waals surface area (Å²) in [7, 11) is 0. The Bertz CT molecular complexity index is 241. The number of aliphatic hydroxyl groups excluding tert-OH is 1. The molecule has 0 spiro atoms. The van der Waals surface area contributed by atoms with Gasteiger partial charge in [-0.05, 0) is 24.8 Å². The molecule has 1 heteroatoms. The molecular weight excluding hydrogens is 160 g/mol. The van der Waals surface area contributed by atoms with Crippen molar-refractivity contribution in [3.8, 4) is 0 Å². The molecule has 0 radical (unpaired) electrons. The van der Waals surface area contributed by atoms with Crippen molar-refractivity contribution in [3.63, 3.8) is 0 Å². The first kappa shape index (κ1) is 10.0. The van der Waals surface area contributed by atoms with E-state index in [4.69, 9.17) is 0 Å². The summed E-state index contributed by atoms with van der Waals surface area (Å²) in [6.45, 7) is 3.54. The van der Waals surface area contributed by atoms with Crippen LogP contribution in [0.15, 0.2) is 43.0 Å². The second-order valence-electron chi connectivity index (χ2n) is 3.18. The quantitative estimate of drug-likeness (QED) is 0.683. The van der Waals surface area contributed by atoms with E-state index in [1.165, 1.54) is 5.56 Å². The van der Waals surface area contributed by atoms with Crippen LogP contribution in [0.2, 0.25) is 0 Å². The molecule has 1 aromatic rings. The van der Waals surface area contributed by atoms with Crippen LogP contribution in [0.3, 0.4) is 0 Å². The van der Waals surface area contributed by atoms with Crippen LogP contribution in [-0.4, -0.2) is 11.2 Å². The minimum absolute atomic E-state index is 0.344. The zero-order valence-corrected chi connectivity index (χ0v) is 7.82. The maximum atomic E-state index is 9.22. The number of aryl methyl sites for hydroxylation is 1. The van der Waals surface area contributed by atoms with Gasteiger partial charge >= 0.3 is 0 Å². The molecule has 1 atom stereocenters. The lowest BCUT2D eigenvalue weighted by atomic mass is 10.1. The summed E-state index contributed by atoms with van der Waals surface area (Å²) in [5.74, 6) is 0. The number of rotatable bonds is 5. The van der Waals surface area contributed by atoms with Crippen LogP contribution in [0.4, 0.5) is 0 Å². The molecule has 0 heterocycles. The molecule has 0 aliphatic carbocycles. The minimum atomic E-state index is -0.344. The van der Waals surface area contributed by atoms with Crippen LogP contribution < -0.4 is 0 Å². The molecule has 0 bridgehead atoms. The molecule has 0 unspecified atom stereocenters. The Morgan fingerprint density at radius 3 is 2.62 bits per heavy atom. The zero-order chi connectivity index (χ0) is 9.52. The Morgan fingerprint density at radius 2 is 2.00 bits per heavy atom. The Morgan fingerprint density at radius 1 is 1.31 bits per heavy atom. The highest BCUT2D eigenvalue weighted by atomic mass is 16.3. The summed E-state index contributed by atoms with van der Waals surface area (Å²) < 4.78 is 0. The van der Waals surface area contributed by atoms with Gasteiger partial charge in [0.15, 0.2) is 0 Å². The number of benzene rings is 1. The van der Waals surface area contributed by atoms with Gasteiger partial charge in [-0.1, -0.05) is 36.4 Å². The average Bonchev–Trinajstić information content (AvgIpc) is 2.19. The molecule has 1 aromatic carbocycles. The van der Waals surface area contributed by atoms with Gasteiger partial charge in [0, 0.05) is 0 Å². The van der Waals surface area contributed by atoms with Gasteiger partial charge in [-0.3, -0.25) is 0 Å². The molecule has 0 fully saturated rings. The van der Waals surface area contributed by atoms with E-state index in [0.29, 0.717) is 0 Å². The predicted molar refractivity (Wildman–Crippen MR) is 55.6 cm³/mol. The summed E-state index contributed by atoms with van der Waals surface area (Å²) in [6, 6.07) is 10.3. The maximum absolute atomic E-state index is 9.22. The standard InChI is InChI=1S/C12H16O/c1-2-12(13)10-6-9-11-7-4-3-5-8-11/h2-5,7-8,12-13H,1,6,9-10H2/t12-/m0/s1. The van der Waals surface area contributed by atoms with Gasteiger partial charge in [0.2, 0.25) is 0 Å². The smallest absolute Gasteiger partial charge is 0.0718 e. The van der Waals surface area contributed by atoms with Crippen molar-refractivity contribution in [1.29, 1.82) is 0 Å². The van der Waals surface area contributed by atoms with E-state index in [9.17, 15) is 5.11 Å². The van der Waals surface area contributed by atoms with Crippen LogP contribution in [0, 0.1) is 0 Å². The van der Waals surface area contributed by atoms with Crippen LogP contribution in [0.5, 0.6) is 0 Å². The predicted octanol–water partition coefficient (Wildman–Crippen LogP) is 2.56. The van der Waals surface area contributed by atoms with Crippen LogP contribution in [0.25, 0.3) is 0 Å². The van der Waals surface area contributed by atoms with E-state index < -0.39 is 0 Å². The molecule has 1 nitrogen and oxygen atoms in total. The largest absolute Gasteiger partial charge is 0.389 e. The highest BCUT2D eigenvalue weighted by Gasteiger charge is 1.97. The first-order valence-electron chi connectivity index (χ1n) is 4.67. The molecule has 0 saturated carbocycles. The molecule has 0 aliphatic rings. The topological polar surface area (TPSA) is 20.2 Å². The SMILES string of the molecule is C=C[C@H](O)CCCc1ccccc1. The first-order chi connectivity index (χ1) is 6.33.